The van der Waals surface area contributed by atoms with Gasteiger partial charge in [0, 0.05) is 31.4 Å². The molecule has 0 unspecified atom stereocenters. The Labute approximate surface area is 240 Å². The van der Waals surface area contributed by atoms with Crippen molar-refractivity contribution in [1.82, 2.24) is 4.57 Å². The van der Waals surface area contributed by atoms with E-state index in [4.69, 9.17) is 42.8 Å². The van der Waals surface area contributed by atoms with Crippen LogP contribution in [-0.4, -0.2) is 47.4 Å². The van der Waals surface area contributed by atoms with Crippen LogP contribution in [0.2, 0.25) is 5.02 Å². The third-order valence-corrected chi connectivity index (χ3v) is 6.81. The number of rotatable bonds is 6. The fourth-order valence-corrected chi connectivity index (χ4v) is 5.10. The number of hydrogen-bond donors (Lipinski definition) is 0. The first-order valence-corrected chi connectivity index (χ1v) is 13.0. The predicted molar refractivity (Wildman–Crippen MR) is 148 cm³/mol. The molecule has 0 N–H and O–H groups in total. The minimum absolute atomic E-state index is 0.100. The number of nitrogens with zero attached hydrogens (tertiary/aromatic N) is 2. The summed E-state index contributed by atoms with van der Waals surface area (Å²) in [5.41, 5.74) is 2.74. The zero-order valence-corrected chi connectivity index (χ0v) is 23.4. The normalized spacial score (nSPS) is 20.2. The number of aromatic nitrogens is 1. The van der Waals surface area contributed by atoms with Crippen molar-refractivity contribution < 1.29 is 33.3 Å². The largest absolute Gasteiger partial charge is 0.456 e. The van der Waals surface area contributed by atoms with Crippen LogP contribution in [-0.2, 0) is 33.3 Å². The summed E-state index contributed by atoms with van der Waals surface area (Å²) in [4.78, 5) is 36.1. The molecule has 1 aliphatic heterocycles. The van der Waals surface area contributed by atoms with Gasteiger partial charge in [-0.25, -0.2) is 0 Å². The Morgan fingerprint density at radius 2 is 1.52 bits per heavy atom. The molecule has 0 amide bonds. The molecule has 0 bridgehead atoms. The Balaban J connectivity index is 1.99. The second-order valence-corrected chi connectivity index (χ2v) is 9.82. The van der Waals surface area contributed by atoms with Crippen LogP contribution in [0.3, 0.4) is 0 Å². The summed E-state index contributed by atoms with van der Waals surface area (Å²) >= 11 is 12.0. The second kappa shape index (κ2) is 12.4. The van der Waals surface area contributed by atoms with Gasteiger partial charge < -0.3 is 23.5 Å². The van der Waals surface area contributed by atoms with E-state index in [1.54, 1.807) is 34.9 Å². The molecule has 0 aliphatic carbocycles. The van der Waals surface area contributed by atoms with E-state index < -0.39 is 42.4 Å². The van der Waals surface area contributed by atoms with Gasteiger partial charge >= 0.3 is 17.9 Å². The van der Waals surface area contributed by atoms with E-state index >= 15 is 0 Å². The molecule has 2 heterocycles. The molecule has 0 radical (unpaired) electrons. The number of halogens is 1. The number of hydrogen-bond acceptors (Lipinski definition) is 9. The summed E-state index contributed by atoms with van der Waals surface area (Å²) in [6, 6.07) is 20.2. The Morgan fingerprint density at radius 1 is 0.925 bits per heavy atom. The molecule has 206 valence electrons. The third kappa shape index (κ3) is 6.23. The van der Waals surface area contributed by atoms with Crippen LogP contribution < -0.4 is 0 Å². The summed E-state index contributed by atoms with van der Waals surface area (Å²) in [6.07, 6.45) is -4.72. The molecule has 1 aromatic heterocycles. The van der Waals surface area contributed by atoms with E-state index in [0.29, 0.717) is 21.8 Å². The molecule has 9 nitrogen and oxygen atoms in total. The SMILES string of the molecule is CC(=O)O[C@@H]1[C@H](OC(C)=O)[C@@H](OC(C)=O)CO[C@@H]1n1c(-c2ccc(Cl)cc2)cc(-c2ccccc2)c(C#N)c1=S. The van der Waals surface area contributed by atoms with Crippen molar-refractivity contribution >= 4 is 41.7 Å². The van der Waals surface area contributed by atoms with Crippen LogP contribution in [0.15, 0.2) is 60.7 Å². The van der Waals surface area contributed by atoms with E-state index in [1.165, 1.54) is 20.8 Å². The average molecular weight is 581 g/mol. The molecule has 2 aromatic carbocycles. The van der Waals surface area contributed by atoms with Gasteiger partial charge in [-0.15, -0.1) is 0 Å². The van der Waals surface area contributed by atoms with Crippen molar-refractivity contribution in [2.75, 3.05) is 6.61 Å². The Bertz CT molecular complexity index is 1530. The zero-order chi connectivity index (χ0) is 29.0. The van der Waals surface area contributed by atoms with Crippen LogP contribution in [0.1, 0.15) is 32.6 Å². The van der Waals surface area contributed by atoms with Crippen LogP contribution in [0.5, 0.6) is 0 Å². The van der Waals surface area contributed by atoms with E-state index in [1.807, 2.05) is 30.3 Å². The second-order valence-electron chi connectivity index (χ2n) is 9.00. The van der Waals surface area contributed by atoms with Gasteiger partial charge in [-0.2, -0.15) is 5.26 Å². The molecule has 3 aromatic rings. The number of benzene rings is 2. The molecule has 0 saturated carbocycles. The van der Waals surface area contributed by atoms with Gasteiger partial charge in [0.05, 0.1) is 17.9 Å². The highest BCUT2D eigenvalue weighted by molar-refractivity contribution is 7.71. The van der Waals surface area contributed by atoms with Gasteiger partial charge in [0.15, 0.2) is 24.5 Å². The molecule has 4 rings (SSSR count). The lowest BCUT2D eigenvalue weighted by Gasteiger charge is -2.42. The van der Waals surface area contributed by atoms with Crippen molar-refractivity contribution in [3.05, 3.63) is 75.9 Å². The molecule has 4 atom stereocenters. The van der Waals surface area contributed by atoms with Crippen molar-refractivity contribution in [1.29, 1.82) is 5.26 Å². The van der Waals surface area contributed by atoms with Gasteiger partial charge in [0.1, 0.15) is 10.7 Å². The molecular formula is C29H25ClN2O7S. The third-order valence-electron chi connectivity index (χ3n) is 6.16. The van der Waals surface area contributed by atoms with Crippen molar-refractivity contribution in [2.24, 2.45) is 0 Å². The van der Waals surface area contributed by atoms with Crippen LogP contribution in [0.25, 0.3) is 22.4 Å². The minimum Gasteiger partial charge on any atom is -0.456 e. The number of carbonyl (C=O) groups is 3. The van der Waals surface area contributed by atoms with Gasteiger partial charge in [-0.05, 0) is 29.3 Å². The maximum absolute atomic E-state index is 12.3. The fraction of sp³-hybridized carbons (Fsp3) is 0.276. The molecule has 0 spiro atoms. The molecule has 1 saturated heterocycles. The van der Waals surface area contributed by atoms with Crippen molar-refractivity contribution in [3.63, 3.8) is 0 Å². The van der Waals surface area contributed by atoms with Gasteiger partial charge in [0.2, 0.25) is 0 Å². The first-order valence-electron chi connectivity index (χ1n) is 12.2. The maximum atomic E-state index is 12.3. The Kier molecular flexibility index (Phi) is 9.00. The number of esters is 3. The highest BCUT2D eigenvalue weighted by Crippen LogP contribution is 2.38. The lowest BCUT2D eigenvalue weighted by atomic mass is 9.97. The van der Waals surface area contributed by atoms with Crippen LogP contribution >= 0.6 is 23.8 Å². The van der Waals surface area contributed by atoms with E-state index in [-0.39, 0.29) is 16.8 Å². The van der Waals surface area contributed by atoms with Gasteiger partial charge in [0.25, 0.3) is 0 Å². The smallest absolute Gasteiger partial charge is 0.303 e. The zero-order valence-electron chi connectivity index (χ0n) is 21.8. The summed E-state index contributed by atoms with van der Waals surface area (Å²) < 4.78 is 24.3. The van der Waals surface area contributed by atoms with Gasteiger partial charge in [-0.3, -0.25) is 14.4 Å². The van der Waals surface area contributed by atoms with E-state index in [2.05, 4.69) is 6.07 Å². The fourth-order valence-electron chi connectivity index (χ4n) is 4.62. The highest BCUT2D eigenvalue weighted by atomic mass is 35.5. The molecule has 1 fully saturated rings. The first-order chi connectivity index (χ1) is 19.1. The molecular weight excluding hydrogens is 556 g/mol. The number of pyridine rings is 1. The number of nitriles is 1. The Hall–Kier alpha value is -4.04. The summed E-state index contributed by atoms with van der Waals surface area (Å²) in [5, 5.41) is 10.7. The lowest BCUT2D eigenvalue weighted by Crippen LogP contribution is -2.55. The topological polar surface area (TPSA) is 117 Å². The maximum Gasteiger partial charge on any atom is 0.303 e. The standard InChI is InChI=1S/C29H25ClN2O7S/c1-16(33)37-25-15-36-28(27(39-18(3)35)26(25)38-17(2)34)32-24(20-9-11-21(30)12-10-20)13-22(23(14-31)29(32)40)19-7-5-4-6-8-19/h4-13,25-28H,15H2,1-3H3/t25-,26+,27+,28-/m0/s1. The quantitative estimate of drug-likeness (QED) is 0.214. The monoisotopic (exact) mass is 580 g/mol. The van der Waals surface area contributed by atoms with Crippen molar-refractivity contribution in [3.8, 4) is 28.5 Å². The molecule has 11 heteroatoms. The van der Waals surface area contributed by atoms with Crippen LogP contribution in [0, 0.1) is 16.0 Å². The van der Waals surface area contributed by atoms with E-state index in [9.17, 15) is 19.6 Å². The molecule has 1 aliphatic rings. The summed E-state index contributed by atoms with van der Waals surface area (Å²) in [5.74, 6) is -2.01. The highest BCUT2D eigenvalue weighted by Gasteiger charge is 2.48. The minimum atomic E-state index is -1.29. The molecule has 40 heavy (non-hydrogen) atoms. The predicted octanol–water partition coefficient (Wildman–Crippen LogP) is 5.40. The van der Waals surface area contributed by atoms with Crippen molar-refractivity contribution in [2.45, 2.75) is 45.3 Å². The summed E-state index contributed by atoms with van der Waals surface area (Å²) in [7, 11) is 0. The Morgan fingerprint density at radius 3 is 2.10 bits per heavy atom. The number of ether oxygens (including phenoxy) is 4. The first kappa shape index (κ1) is 29.0. The van der Waals surface area contributed by atoms with Crippen LogP contribution in [0.4, 0.5) is 0 Å². The summed E-state index contributed by atoms with van der Waals surface area (Å²) in [6.45, 7) is 3.38. The van der Waals surface area contributed by atoms with Gasteiger partial charge in [-0.1, -0.05) is 66.3 Å². The lowest BCUT2D eigenvalue weighted by molar-refractivity contribution is -0.239. The average Bonchev–Trinajstić information content (AvgIpc) is 2.90. The number of carbonyl (C=O) groups excluding carboxylic acids is 3. The van der Waals surface area contributed by atoms with E-state index in [0.717, 1.165) is 5.56 Å².